The predicted octanol–water partition coefficient (Wildman–Crippen LogP) is 2.87. The highest BCUT2D eigenvalue weighted by Crippen LogP contribution is 2.31. The summed E-state index contributed by atoms with van der Waals surface area (Å²) in [5, 5.41) is 0.259. The van der Waals surface area contributed by atoms with Crippen molar-refractivity contribution in [1.29, 1.82) is 0 Å². The van der Waals surface area contributed by atoms with Crippen LogP contribution in [0.5, 0.6) is 5.75 Å². The number of nitrogens with one attached hydrogen (secondary N) is 1. The van der Waals surface area contributed by atoms with Crippen molar-refractivity contribution >= 4 is 34.0 Å². The maximum absolute atomic E-state index is 12.6. The average Bonchev–Trinajstić information content (AvgIpc) is 2.46. The SMILES string of the molecule is CCC(CC)(CN)NS(=O)(=O)c1cc(Cl)c(OC)cc1C.Cl. The number of methoxy groups -OCH3 is 1. The molecule has 3 N–H and O–H groups in total. The van der Waals surface area contributed by atoms with Crippen molar-refractivity contribution in [2.75, 3.05) is 13.7 Å². The molecule has 5 nitrogen and oxygen atoms in total. The summed E-state index contributed by atoms with van der Waals surface area (Å²) in [6, 6.07) is 3.02. The minimum atomic E-state index is -3.70. The third-order valence-electron chi connectivity index (χ3n) is 3.83. The van der Waals surface area contributed by atoms with Crippen molar-refractivity contribution in [3.05, 3.63) is 22.7 Å². The van der Waals surface area contributed by atoms with E-state index in [4.69, 9.17) is 22.1 Å². The van der Waals surface area contributed by atoms with Crippen LogP contribution in [0.1, 0.15) is 32.3 Å². The highest BCUT2D eigenvalue weighted by molar-refractivity contribution is 7.89. The molecule has 0 saturated carbocycles. The van der Waals surface area contributed by atoms with Gasteiger partial charge in [-0.1, -0.05) is 25.4 Å². The zero-order valence-corrected chi connectivity index (χ0v) is 15.7. The Morgan fingerprint density at radius 2 is 1.86 bits per heavy atom. The van der Waals surface area contributed by atoms with Gasteiger partial charge < -0.3 is 10.5 Å². The molecule has 0 aromatic heterocycles. The molecule has 0 radical (unpaired) electrons. The van der Waals surface area contributed by atoms with E-state index in [9.17, 15) is 8.42 Å². The molecule has 0 unspecified atom stereocenters. The Morgan fingerprint density at radius 3 is 2.27 bits per heavy atom. The predicted molar refractivity (Wildman–Crippen MR) is 92.7 cm³/mol. The molecule has 0 saturated heterocycles. The molecule has 0 aliphatic heterocycles. The van der Waals surface area contributed by atoms with Gasteiger partial charge in [0.25, 0.3) is 0 Å². The van der Waals surface area contributed by atoms with Crippen LogP contribution in [-0.4, -0.2) is 27.6 Å². The summed E-state index contributed by atoms with van der Waals surface area (Å²) < 4.78 is 33.1. The van der Waals surface area contributed by atoms with Gasteiger partial charge >= 0.3 is 0 Å². The zero-order valence-electron chi connectivity index (χ0n) is 13.3. The van der Waals surface area contributed by atoms with Crippen LogP contribution in [0.3, 0.4) is 0 Å². The third-order valence-corrected chi connectivity index (χ3v) is 5.85. The van der Waals surface area contributed by atoms with E-state index in [0.717, 1.165) is 0 Å². The van der Waals surface area contributed by atoms with Gasteiger partial charge in [0, 0.05) is 12.1 Å². The number of nitrogens with two attached hydrogens (primary N) is 1. The number of sulfonamides is 1. The van der Waals surface area contributed by atoms with Gasteiger partial charge in [-0.15, -0.1) is 12.4 Å². The minimum Gasteiger partial charge on any atom is -0.495 e. The second kappa shape index (κ2) is 8.36. The molecule has 0 amide bonds. The van der Waals surface area contributed by atoms with E-state index in [2.05, 4.69) is 4.72 Å². The first-order valence-corrected chi connectivity index (χ1v) is 8.69. The Morgan fingerprint density at radius 1 is 1.32 bits per heavy atom. The van der Waals surface area contributed by atoms with E-state index >= 15 is 0 Å². The van der Waals surface area contributed by atoms with Crippen molar-refractivity contribution in [2.24, 2.45) is 5.73 Å². The second-order valence-corrected chi connectivity index (χ2v) is 7.11. The first-order valence-electron chi connectivity index (χ1n) is 6.83. The topological polar surface area (TPSA) is 81.4 Å². The molecular formula is C14H24Cl2N2O3S. The van der Waals surface area contributed by atoms with E-state index in [1.165, 1.54) is 13.2 Å². The molecule has 1 rings (SSSR count). The van der Waals surface area contributed by atoms with E-state index < -0.39 is 15.6 Å². The molecule has 128 valence electrons. The number of halogens is 2. The van der Waals surface area contributed by atoms with Crippen LogP contribution in [0.2, 0.25) is 5.02 Å². The van der Waals surface area contributed by atoms with Crippen molar-refractivity contribution in [3.8, 4) is 5.75 Å². The van der Waals surface area contributed by atoms with Crippen molar-refractivity contribution < 1.29 is 13.2 Å². The highest BCUT2D eigenvalue weighted by atomic mass is 35.5. The van der Waals surface area contributed by atoms with Crippen molar-refractivity contribution in [3.63, 3.8) is 0 Å². The van der Waals surface area contributed by atoms with Crippen molar-refractivity contribution in [2.45, 2.75) is 44.0 Å². The summed E-state index contributed by atoms with van der Waals surface area (Å²) >= 11 is 6.04. The van der Waals surface area contributed by atoms with Gasteiger partial charge in [-0.2, -0.15) is 0 Å². The van der Waals surface area contributed by atoms with Gasteiger partial charge in [0.05, 0.1) is 17.0 Å². The lowest BCUT2D eigenvalue weighted by Crippen LogP contribution is -2.52. The quantitative estimate of drug-likeness (QED) is 0.772. The van der Waals surface area contributed by atoms with Gasteiger partial charge in [-0.25, -0.2) is 13.1 Å². The lowest BCUT2D eigenvalue weighted by atomic mass is 9.95. The zero-order chi connectivity index (χ0) is 16.3. The van der Waals surface area contributed by atoms with E-state index in [1.807, 2.05) is 13.8 Å². The fourth-order valence-corrected chi connectivity index (χ4v) is 4.26. The lowest BCUT2D eigenvalue weighted by Gasteiger charge is -2.31. The first kappa shape index (κ1) is 21.5. The third kappa shape index (κ3) is 4.49. The number of ether oxygens (including phenoxy) is 1. The molecule has 8 heteroatoms. The number of rotatable bonds is 7. The number of aryl methyl sites for hydroxylation is 1. The Bertz CT molecular complexity index is 594. The number of benzene rings is 1. The van der Waals surface area contributed by atoms with E-state index in [0.29, 0.717) is 24.2 Å². The molecule has 22 heavy (non-hydrogen) atoms. The fraction of sp³-hybridized carbons (Fsp3) is 0.571. The Labute approximate surface area is 144 Å². The highest BCUT2D eigenvalue weighted by Gasteiger charge is 2.31. The minimum absolute atomic E-state index is 0. The smallest absolute Gasteiger partial charge is 0.241 e. The van der Waals surface area contributed by atoms with Crippen LogP contribution in [0.4, 0.5) is 0 Å². The van der Waals surface area contributed by atoms with Gasteiger partial charge in [0.1, 0.15) is 5.75 Å². The Kier molecular flexibility index (Phi) is 8.16. The molecule has 0 heterocycles. The summed E-state index contributed by atoms with van der Waals surface area (Å²) in [6.45, 7) is 5.76. The summed E-state index contributed by atoms with van der Waals surface area (Å²) in [6.07, 6.45) is 1.23. The van der Waals surface area contributed by atoms with Crippen LogP contribution < -0.4 is 15.2 Å². The normalized spacial score (nSPS) is 11.9. The molecule has 1 aromatic rings. The second-order valence-electron chi connectivity index (χ2n) is 5.05. The van der Waals surface area contributed by atoms with Crippen LogP contribution in [0.15, 0.2) is 17.0 Å². The largest absolute Gasteiger partial charge is 0.495 e. The standard InChI is InChI=1S/C14H23ClN2O3S.ClH/c1-5-14(6-2,9-16)17-21(18,19)13-8-11(15)12(20-4)7-10(13)3;/h7-8,17H,5-6,9,16H2,1-4H3;1H. The van der Waals surface area contributed by atoms with Gasteiger partial charge in [-0.05, 0) is 37.5 Å². The molecule has 0 aliphatic rings. The molecule has 0 spiro atoms. The molecule has 0 aliphatic carbocycles. The molecular weight excluding hydrogens is 347 g/mol. The number of hydrogen-bond acceptors (Lipinski definition) is 4. The fourth-order valence-electron chi connectivity index (χ4n) is 2.15. The molecule has 0 fully saturated rings. The summed E-state index contributed by atoms with van der Waals surface area (Å²) in [7, 11) is -2.22. The van der Waals surface area contributed by atoms with Crippen molar-refractivity contribution in [1.82, 2.24) is 4.72 Å². The van der Waals surface area contributed by atoms with Crippen LogP contribution in [-0.2, 0) is 10.0 Å². The maximum Gasteiger partial charge on any atom is 0.241 e. The van der Waals surface area contributed by atoms with Crippen LogP contribution in [0, 0.1) is 6.92 Å². The van der Waals surface area contributed by atoms with E-state index in [-0.39, 0.29) is 28.9 Å². The Balaban J connectivity index is 0.00000441. The van der Waals surface area contributed by atoms with Crippen LogP contribution in [0.25, 0.3) is 0 Å². The lowest BCUT2D eigenvalue weighted by molar-refractivity contribution is 0.363. The molecule has 1 aromatic carbocycles. The van der Waals surface area contributed by atoms with Crippen LogP contribution >= 0.6 is 24.0 Å². The maximum atomic E-state index is 12.6. The summed E-state index contributed by atoms with van der Waals surface area (Å²) in [5.41, 5.74) is 5.68. The molecule has 0 atom stereocenters. The van der Waals surface area contributed by atoms with E-state index in [1.54, 1.807) is 13.0 Å². The number of hydrogen-bond donors (Lipinski definition) is 2. The van der Waals surface area contributed by atoms with Gasteiger partial charge in [-0.3, -0.25) is 0 Å². The van der Waals surface area contributed by atoms with Gasteiger partial charge in [0.2, 0.25) is 10.0 Å². The summed E-state index contributed by atoms with van der Waals surface area (Å²) in [4.78, 5) is 0.146. The molecule has 0 bridgehead atoms. The Hall–Kier alpha value is -0.530. The van der Waals surface area contributed by atoms with Gasteiger partial charge in [0.15, 0.2) is 0 Å². The first-order chi connectivity index (χ1) is 9.75. The monoisotopic (exact) mass is 370 g/mol. The average molecular weight is 371 g/mol. The summed E-state index contributed by atoms with van der Waals surface area (Å²) in [5.74, 6) is 0.448.